The molecule has 0 atom stereocenters. The largest absolute Gasteiger partial charge is 0.573 e. The lowest BCUT2D eigenvalue weighted by Crippen LogP contribution is -2.31. The third-order valence-electron chi connectivity index (χ3n) is 6.81. The highest BCUT2D eigenvalue weighted by Gasteiger charge is 2.33. The summed E-state index contributed by atoms with van der Waals surface area (Å²) in [5, 5.41) is 2.63. The monoisotopic (exact) mass is 640 g/mol. The number of nitrogens with one attached hydrogen (secondary N) is 1. The molecule has 4 aromatic rings. The zero-order valence-corrected chi connectivity index (χ0v) is 25.4. The first-order valence-corrected chi connectivity index (χ1v) is 14.6. The molecule has 0 bridgehead atoms. The molecule has 1 N–H and O–H groups in total. The lowest BCUT2D eigenvalue weighted by molar-refractivity contribution is -0.274. The van der Waals surface area contributed by atoms with Crippen LogP contribution in [0.1, 0.15) is 25.3 Å². The summed E-state index contributed by atoms with van der Waals surface area (Å²) < 4.78 is 57.8. The first-order chi connectivity index (χ1) is 21.3. The summed E-state index contributed by atoms with van der Waals surface area (Å²) in [4.78, 5) is 37.5. The number of carbonyl (C=O) groups excluding carboxylic acids is 2. The number of nitrogens with zero attached hydrogens (tertiary/aromatic N) is 5. The molecule has 1 aliphatic rings. The van der Waals surface area contributed by atoms with E-state index in [-0.39, 0.29) is 34.2 Å². The van der Waals surface area contributed by atoms with Crippen molar-refractivity contribution in [3.8, 4) is 22.7 Å². The topological polar surface area (TPSA) is 92.1 Å². The van der Waals surface area contributed by atoms with Crippen LogP contribution in [0, 0.1) is 5.82 Å². The molecule has 3 aromatic carbocycles. The van der Waals surface area contributed by atoms with E-state index in [0.29, 0.717) is 22.6 Å². The third kappa shape index (κ3) is 7.28. The minimum absolute atomic E-state index is 0.0992. The fraction of sp³-hybridized carbons (Fsp3) is 0.226. The molecule has 1 fully saturated rings. The number of halogens is 4. The zero-order chi connectivity index (χ0) is 32.5. The van der Waals surface area contributed by atoms with Crippen LogP contribution in [0.5, 0.6) is 5.75 Å². The van der Waals surface area contributed by atoms with Crippen LogP contribution in [0.4, 0.5) is 39.4 Å². The van der Waals surface area contributed by atoms with Gasteiger partial charge >= 0.3 is 12.4 Å². The van der Waals surface area contributed by atoms with Crippen LogP contribution < -0.4 is 19.9 Å². The average Bonchev–Trinajstić information content (AvgIpc) is 3.60. The van der Waals surface area contributed by atoms with Gasteiger partial charge in [-0.3, -0.25) is 9.69 Å². The van der Waals surface area contributed by atoms with Gasteiger partial charge < -0.3 is 19.5 Å². The maximum atomic E-state index is 15.1. The summed E-state index contributed by atoms with van der Waals surface area (Å²) in [5.74, 6) is -1.11. The van der Waals surface area contributed by atoms with Gasteiger partial charge in [0.05, 0.1) is 29.1 Å². The lowest BCUT2D eigenvalue weighted by Gasteiger charge is -2.24. The van der Waals surface area contributed by atoms with Crippen molar-refractivity contribution >= 4 is 45.9 Å². The molecule has 1 aromatic heterocycles. The highest BCUT2D eigenvalue weighted by Crippen LogP contribution is 2.36. The number of anilines is 3. The molecule has 45 heavy (non-hydrogen) atoms. The summed E-state index contributed by atoms with van der Waals surface area (Å²) in [6, 6.07) is 14.3. The van der Waals surface area contributed by atoms with E-state index in [2.05, 4.69) is 20.0 Å². The van der Waals surface area contributed by atoms with Crippen molar-refractivity contribution in [3.05, 3.63) is 84.6 Å². The standard InChI is InChI=1S/C31H28F4N6O3S/c1-18(2)23-11-8-21(39(3)4)14-27(23)41-28(42)16-45-30(41)38-29(43)37-25-12-5-19(13-24(25)32)26-15-40(17-36-26)20-6-9-22(10-7-20)44-31(33,34)35/h5-15,17-18H,16H2,1-4H3,(H,37,43). The van der Waals surface area contributed by atoms with Gasteiger partial charge in [-0.2, -0.15) is 4.99 Å². The van der Waals surface area contributed by atoms with Crippen molar-refractivity contribution in [2.24, 2.45) is 4.99 Å². The first kappa shape index (κ1) is 31.6. The smallest absolute Gasteiger partial charge is 0.406 e. The van der Waals surface area contributed by atoms with E-state index < -0.39 is 18.2 Å². The second kappa shape index (κ2) is 12.6. The number of benzene rings is 3. The summed E-state index contributed by atoms with van der Waals surface area (Å²) in [6.45, 7) is 4.02. The molecular weight excluding hydrogens is 612 g/mol. The van der Waals surface area contributed by atoms with Crippen LogP contribution >= 0.6 is 11.8 Å². The predicted molar refractivity (Wildman–Crippen MR) is 167 cm³/mol. The summed E-state index contributed by atoms with van der Waals surface area (Å²) in [6.07, 6.45) is -1.78. The number of amides is 3. The SMILES string of the molecule is CC(C)c1ccc(N(C)C)cc1N1C(=O)CSC1=NC(=O)Nc1ccc(-c2cn(-c3ccc(OC(F)(F)F)cc3)cn2)cc1F. The van der Waals surface area contributed by atoms with Crippen LogP contribution in [-0.2, 0) is 4.79 Å². The summed E-state index contributed by atoms with van der Waals surface area (Å²) in [7, 11) is 3.78. The van der Waals surface area contributed by atoms with Crippen LogP contribution in [0.15, 0.2) is 78.2 Å². The highest BCUT2D eigenvalue weighted by molar-refractivity contribution is 8.15. The average molecular weight is 641 g/mol. The molecule has 0 unspecified atom stereocenters. The number of hydrogen-bond acceptors (Lipinski definition) is 6. The Morgan fingerprint density at radius 1 is 1.09 bits per heavy atom. The number of alkyl halides is 3. The number of amidine groups is 1. The normalized spacial score (nSPS) is 14.4. The Balaban J connectivity index is 1.32. The predicted octanol–water partition coefficient (Wildman–Crippen LogP) is 7.43. The number of thioether (sulfide) groups is 1. The highest BCUT2D eigenvalue weighted by atomic mass is 32.2. The molecule has 0 radical (unpaired) electrons. The second-order valence-electron chi connectivity index (χ2n) is 10.5. The Morgan fingerprint density at radius 3 is 2.47 bits per heavy atom. The van der Waals surface area contributed by atoms with E-state index in [1.165, 1.54) is 47.6 Å². The number of ether oxygens (including phenoxy) is 1. The minimum atomic E-state index is -4.79. The van der Waals surface area contributed by atoms with Gasteiger partial charge in [0.1, 0.15) is 11.6 Å². The van der Waals surface area contributed by atoms with Crippen LogP contribution in [0.3, 0.4) is 0 Å². The molecule has 1 aliphatic heterocycles. The van der Waals surface area contributed by atoms with E-state index >= 15 is 4.39 Å². The zero-order valence-electron chi connectivity index (χ0n) is 24.6. The van der Waals surface area contributed by atoms with Gasteiger partial charge in [-0.1, -0.05) is 37.7 Å². The minimum Gasteiger partial charge on any atom is -0.406 e. The second-order valence-corrected chi connectivity index (χ2v) is 11.5. The van der Waals surface area contributed by atoms with E-state index in [9.17, 15) is 22.8 Å². The van der Waals surface area contributed by atoms with Gasteiger partial charge in [-0.25, -0.2) is 14.2 Å². The van der Waals surface area contributed by atoms with Crippen LogP contribution in [0.25, 0.3) is 16.9 Å². The summed E-state index contributed by atoms with van der Waals surface area (Å²) >= 11 is 1.13. The first-order valence-electron chi connectivity index (χ1n) is 13.7. The van der Waals surface area contributed by atoms with E-state index in [4.69, 9.17) is 0 Å². The van der Waals surface area contributed by atoms with Gasteiger partial charge in [-0.05, 0) is 60.0 Å². The Labute approximate surface area is 260 Å². The fourth-order valence-electron chi connectivity index (χ4n) is 4.61. The molecule has 0 saturated carbocycles. The molecule has 0 spiro atoms. The van der Waals surface area contributed by atoms with E-state index in [1.54, 1.807) is 16.8 Å². The number of imidazole rings is 1. The Bertz CT molecular complexity index is 1770. The van der Waals surface area contributed by atoms with Crippen molar-refractivity contribution in [1.29, 1.82) is 0 Å². The van der Waals surface area contributed by atoms with Gasteiger partial charge in [0.25, 0.3) is 0 Å². The molecule has 2 heterocycles. The quantitative estimate of drug-likeness (QED) is 0.211. The number of urea groups is 1. The number of carbonyl (C=O) groups is 2. The van der Waals surface area contributed by atoms with Crippen LogP contribution in [-0.4, -0.2) is 52.9 Å². The van der Waals surface area contributed by atoms with Crippen molar-refractivity contribution < 1.29 is 31.9 Å². The Morgan fingerprint density at radius 2 is 1.82 bits per heavy atom. The fourth-order valence-corrected chi connectivity index (χ4v) is 5.47. The lowest BCUT2D eigenvalue weighted by atomic mass is 9.99. The van der Waals surface area contributed by atoms with Crippen molar-refractivity contribution in [3.63, 3.8) is 0 Å². The van der Waals surface area contributed by atoms with Crippen LogP contribution in [0.2, 0.25) is 0 Å². The van der Waals surface area contributed by atoms with Crippen molar-refractivity contribution in [2.45, 2.75) is 26.1 Å². The Hall–Kier alpha value is -4.85. The van der Waals surface area contributed by atoms with Crippen molar-refractivity contribution in [2.75, 3.05) is 35.0 Å². The Kier molecular flexibility index (Phi) is 8.87. The maximum Gasteiger partial charge on any atom is 0.573 e. The van der Waals surface area contributed by atoms with Gasteiger partial charge in [0, 0.05) is 37.2 Å². The van der Waals surface area contributed by atoms with E-state index in [0.717, 1.165) is 23.0 Å². The molecule has 1 saturated heterocycles. The number of aliphatic imine (C=N–C) groups is 1. The number of hydrogen-bond donors (Lipinski definition) is 1. The van der Waals surface area contributed by atoms with Gasteiger partial charge in [0.2, 0.25) is 5.91 Å². The summed E-state index contributed by atoms with van der Waals surface area (Å²) in [5.41, 5.74) is 3.62. The molecule has 0 aliphatic carbocycles. The molecular formula is C31H28F4N6O3S. The molecule has 3 amide bonds. The third-order valence-corrected chi connectivity index (χ3v) is 7.74. The van der Waals surface area contributed by atoms with Gasteiger partial charge in [0.15, 0.2) is 5.17 Å². The molecule has 5 rings (SSSR count). The van der Waals surface area contributed by atoms with E-state index in [1.807, 2.05) is 51.0 Å². The number of rotatable bonds is 7. The van der Waals surface area contributed by atoms with Gasteiger partial charge in [-0.15, -0.1) is 13.2 Å². The molecule has 234 valence electrons. The number of aromatic nitrogens is 2. The van der Waals surface area contributed by atoms with Crippen molar-refractivity contribution in [1.82, 2.24) is 9.55 Å². The molecule has 9 nitrogen and oxygen atoms in total. The molecule has 14 heteroatoms. The maximum absolute atomic E-state index is 15.1.